The Bertz CT molecular complexity index is 592. The summed E-state index contributed by atoms with van der Waals surface area (Å²) in [5.74, 6) is -0.118. The second-order valence-corrected chi connectivity index (χ2v) is 5.17. The van der Waals surface area contributed by atoms with E-state index in [-0.39, 0.29) is 5.69 Å². The Morgan fingerprint density at radius 3 is 2.89 bits per heavy atom. The van der Waals surface area contributed by atoms with Crippen molar-refractivity contribution in [3.05, 3.63) is 45.4 Å². The Morgan fingerprint density at radius 1 is 1.42 bits per heavy atom. The van der Waals surface area contributed by atoms with Crippen molar-refractivity contribution in [3.8, 4) is 5.75 Å². The highest BCUT2D eigenvalue weighted by atomic mass is 32.1. The van der Waals surface area contributed by atoms with E-state index in [1.807, 2.05) is 32.0 Å². The summed E-state index contributed by atoms with van der Waals surface area (Å²) in [6.45, 7) is 4.57. The second kappa shape index (κ2) is 5.84. The van der Waals surface area contributed by atoms with Gasteiger partial charge in [0, 0.05) is 11.8 Å². The summed E-state index contributed by atoms with van der Waals surface area (Å²) in [7, 11) is 0. The van der Waals surface area contributed by atoms with Gasteiger partial charge in [-0.1, -0.05) is 12.1 Å². The Hall–Kier alpha value is -1.88. The molecule has 0 saturated carbocycles. The smallest absolute Gasteiger partial charge is 0.355 e. The van der Waals surface area contributed by atoms with Crippen LogP contribution in [0.15, 0.2) is 23.6 Å². The van der Waals surface area contributed by atoms with Crippen LogP contribution in [0.3, 0.4) is 0 Å². The zero-order valence-electron chi connectivity index (χ0n) is 10.8. The molecule has 0 fully saturated rings. The van der Waals surface area contributed by atoms with Crippen molar-refractivity contribution in [2.45, 2.75) is 20.3 Å². The summed E-state index contributed by atoms with van der Waals surface area (Å²) in [4.78, 5) is 14.7. The molecule has 0 saturated heterocycles. The highest BCUT2D eigenvalue weighted by molar-refractivity contribution is 7.09. The number of aromatic carboxylic acids is 1. The van der Waals surface area contributed by atoms with E-state index in [0.717, 1.165) is 16.3 Å². The highest BCUT2D eigenvalue weighted by Crippen LogP contribution is 2.21. The Balaban J connectivity index is 1.92. The lowest BCUT2D eigenvalue weighted by Crippen LogP contribution is -2.03. The van der Waals surface area contributed by atoms with E-state index >= 15 is 0 Å². The SMILES string of the molecule is Cc1cccc(OCCc2nc(C(=O)O)cs2)c1C. The van der Waals surface area contributed by atoms with Crippen molar-refractivity contribution in [1.82, 2.24) is 4.98 Å². The lowest BCUT2D eigenvalue weighted by Gasteiger charge is -2.09. The molecule has 2 aromatic rings. The van der Waals surface area contributed by atoms with E-state index in [1.165, 1.54) is 16.9 Å². The van der Waals surface area contributed by atoms with Crippen LogP contribution in [0, 0.1) is 13.8 Å². The minimum absolute atomic E-state index is 0.103. The number of benzene rings is 1. The molecule has 4 nitrogen and oxygen atoms in total. The van der Waals surface area contributed by atoms with E-state index in [9.17, 15) is 4.79 Å². The number of carbonyl (C=O) groups is 1. The van der Waals surface area contributed by atoms with Crippen LogP contribution in [0.5, 0.6) is 5.75 Å². The maximum Gasteiger partial charge on any atom is 0.355 e. The fourth-order valence-corrected chi connectivity index (χ4v) is 2.41. The molecule has 0 atom stereocenters. The molecule has 0 radical (unpaired) electrons. The van der Waals surface area contributed by atoms with Gasteiger partial charge in [-0.05, 0) is 31.0 Å². The van der Waals surface area contributed by atoms with Crippen LogP contribution >= 0.6 is 11.3 Å². The summed E-state index contributed by atoms with van der Waals surface area (Å²) >= 11 is 1.35. The zero-order chi connectivity index (χ0) is 13.8. The maximum absolute atomic E-state index is 10.7. The Labute approximate surface area is 115 Å². The number of thiazole rings is 1. The molecule has 5 heteroatoms. The first-order valence-corrected chi connectivity index (χ1v) is 6.82. The van der Waals surface area contributed by atoms with Crippen LogP contribution in [0.4, 0.5) is 0 Å². The molecule has 0 unspecified atom stereocenters. The minimum Gasteiger partial charge on any atom is -0.493 e. The van der Waals surface area contributed by atoms with Gasteiger partial charge in [0.1, 0.15) is 5.75 Å². The van der Waals surface area contributed by atoms with E-state index < -0.39 is 5.97 Å². The molecule has 19 heavy (non-hydrogen) atoms. The van der Waals surface area contributed by atoms with Crippen LogP contribution < -0.4 is 4.74 Å². The molecular weight excluding hydrogens is 262 g/mol. The number of hydrogen-bond donors (Lipinski definition) is 1. The van der Waals surface area contributed by atoms with Crippen molar-refractivity contribution in [1.29, 1.82) is 0 Å². The number of aryl methyl sites for hydroxylation is 1. The van der Waals surface area contributed by atoms with Crippen molar-refractivity contribution in [2.24, 2.45) is 0 Å². The van der Waals surface area contributed by atoms with Crippen molar-refractivity contribution in [3.63, 3.8) is 0 Å². The summed E-state index contributed by atoms with van der Waals surface area (Å²) in [5.41, 5.74) is 2.43. The monoisotopic (exact) mass is 277 g/mol. The van der Waals surface area contributed by atoms with Crippen molar-refractivity contribution < 1.29 is 14.6 Å². The van der Waals surface area contributed by atoms with Gasteiger partial charge < -0.3 is 9.84 Å². The molecule has 1 heterocycles. The largest absolute Gasteiger partial charge is 0.493 e. The number of rotatable bonds is 5. The van der Waals surface area contributed by atoms with E-state index in [0.29, 0.717) is 13.0 Å². The van der Waals surface area contributed by atoms with E-state index in [1.54, 1.807) is 5.38 Å². The van der Waals surface area contributed by atoms with Gasteiger partial charge in [0.2, 0.25) is 0 Å². The summed E-state index contributed by atoms with van der Waals surface area (Å²) in [6.07, 6.45) is 0.616. The van der Waals surface area contributed by atoms with E-state index in [4.69, 9.17) is 9.84 Å². The fraction of sp³-hybridized carbons (Fsp3) is 0.286. The first kappa shape index (κ1) is 13.5. The van der Waals surface area contributed by atoms with Gasteiger partial charge in [-0.25, -0.2) is 9.78 Å². The van der Waals surface area contributed by atoms with Crippen LogP contribution in [0.1, 0.15) is 26.6 Å². The number of aromatic nitrogens is 1. The Morgan fingerprint density at radius 2 is 2.21 bits per heavy atom. The number of carboxylic acid groups (broad SMARTS) is 1. The van der Waals surface area contributed by atoms with Gasteiger partial charge >= 0.3 is 5.97 Å². The van der Waals surface area contributed by atoms with Crippen molar-refractivity contribution >= 4 is 17.3 Å². The first-order chi connectivity index (χ1) is 9.08. The lowest BCUT2D eigenvalue weighted by molar-refractivity contribution is 0.0691. The third-order valence-corrected chi connectivity index (χ3v) is 3.81. The van der Waals surface area contributed by atoms with Crippen LogP contribution in [0.2, 0.25) is 0 Å². The molecular formula is C14H15NO3S. The standard InChI is InChI=1S/C14H15NO3S/c1-9-4-3-5-12(10(9)2)18-7-6-13-15-11(8-19-13)14(16)17/h3-5,8H,6-7H2,1-2H3,(H,16,17). The van der Waals surface area contributed by atoms with Crippen molar-refractivity contribution in [2.75, 3.05) is 6.61 Å². The number of carboxylic acids is 1. The Kier molecular flexibility index (Phi) is 4.16. The summed E-state index contributed by atoms with van der Waals surface area (Å²) < 4.78 is 5.71. The predicted molar refractivity (Wildman–Crippen MR) is 74.2 cm³/mol. The average molecular weight is 277 g/mol. The molecule has 1 aromatic carbocycles. The fourth-order valence-electron chi connectivity index (χ4n) is 1.65. The molecule has 100 valence electrons. The van der Waals surface area contributed by atoms with Gasteiger partial charge in [0.25, 0.3) is 0 Å². The van der Waals surface area contributed by atoms with Gasteiger partial charge in [-0.2, -0.15) is 0 Å². The average Bonchev–Trinajstić information content (AvgIpc) is 2.83. The van der Waals surface area contributed by atoms with Gasteiger partial charge in [0.15, 0.2) is 5.69 Å². The first-order valence-electron chi connectivity index (χ1n) is 5.94. The zero-order valence-corrected chi connectivity index (χ0v) is 11.7. The summed E-state index contributed by atoms with van der Waals surface area (Å²) in [6, 6.07) is 5.94. The third kappa shape index (κ3) is 3.32. The van der Waals surface area contributed by atoms with Gasteiger partial charge in [-0.3, -0.25) is 0 Å². The minimum atomic E-state index is -0.988. The molecule has 0 spiro atoms. The topological polar surface area (TPSA) is 59.4 Å². The molecule has 1 aromatic heterocycles. The lowest BCUT2D eigenvalue weighted by atomic mass is 10.1. The molecule has 0 amide bonds. The maximum atomic E-state index is 10.7. The molecule has 0 aliphatic heterocycles. The normalized spacial score (nSPS) is 10.4. The van der Waals surface area contributed by atoms with Gasteiger partial charge in [-0.15, -0.1) is 11.3 Å². The molecule has 0 aliphatic rings. The number of ether oxygens (including phenoxy) is 1. The quantitative estimate of drug-likeness (QED) is 0.912. The highest BCUT2D eigenvalue weighted by Gasteiger charge is 2.08. The van der Waals surface area contributed by atoms with Crippen LogP contribution in [0.25, 0.3) is 0 Å². The number of nitrogens with zero attached hydrogens (tertiary/aromatic N) is 1. The van der Waals surface area contributed by atoms with Gasteiger partial charge in [0.05, 0.1) is 11.6 Å². The van der Waals surface area contributed by atoms with Crippen LogP contribution in [-0.2, 0) is 6.42 Å². The summed E-state index contributed by atoms with van der Waals surface area (Å²) in [5, 5.41) is 11.1. The molecule has 0 aliphatic carbocycles. The van der Waals surface area contributed by atoms with E-state index in [2.05, 4.69) is 4.98 Å². The van der Waals surface area contributed by atoms with Crippen LogP contribution in [-0.4, -0.2) is 22.7 Å². The molecule has 1 N–H and O–H groups in total. The second-order valence-electron chi connectivity index (χ2n) is 4.23. The molecule has 0 bridgehead atoms. The number of hydrogen-bond acceptors (Lipinski definition) is 4. The molecule has 2 rings (SSSR count). The third-order valence-electron chi connectivity index (χ3n) is 2.90. The predicted octanol–water partition coefficient (Wildman–Crippen LogP) is 3.08.